The fraction of sp³-hybridized carbons (Fsp3) is 0.158. The summed E-state index contributed by atoms with van der Waals surface area (Å²) < 4.78 is 23.7. The van der Waals surface area contributed by atoms with Gasteiger partial charge in [0.25, 0.3) is 0 Å². The van der Waals surface area contributed by atoms with Gasteiger partial charge in [-0.1, -0.05) is 6.07 Å². The van der Waals surface area contributed by atoms with Crippen molar-refractivity contribution in [1.82, 2.24) is 15.3 Å². The maximum atomic E-state index is 13.0. The second-order valence-corrected chi connectivity index (χ2v) is 5.64. The molecule has 0 aliphatic heterocycles. The normalized spacial score (nSPS) is 10.3. The minimum Gasteiger partial charge on any atom is -0.496 e. The summed E-state index contributed by atoms with van der Waals surface area (Å²) in [5.41, 5.74) is 2.23. The number of rotatable bonds is 6. The number of hydrogen-bond acceptors (Lipinski definition) is 4. The molecule has 0 amide bonds. The van der Waals surface area contributed by atoms with Gasteiger partial charge in [0.05, 0.1) is 32.0 Å². The van der Waals surface area contributed by atoms with E-state index in [-0.39, 0.29) is 11.8 Å². The highest BCUT2D eigenvalue weighted by molar-refractivity contribution is 5.89. The third-order valence-electron chi connectivity index (χ3n) is 3.93. The van der Waals surface area contributed by atoms with Gasteiger partial charge in [-0.25, -0.2) is 9.37 Å². The molecule has 0 fully saturated rings. The minimum absolute atomic E-state index is 0.0583. The highest BCUT2D eigenvalue weighted by Crippen LogP contribution is 2.27. The molecular weight excluding hydrogens is 349 g/mol. The Morgan fingerprint density at radius 3 is 2.41 bits per heavy atom. The van der Waals surface area contributed by atoms with E-state index in [2.05, 4.69) is 20.6 Å². The minimum atomic E-state index is -0.301. The van der Waals surface area contributed by atoms with Crippen molar-refractivity contribution >= 4 is 11.9 Å². The van der Waals surface area contributed by atoms with E-state index in [1.807, 2.05) is 18.2 Å². The zero-order valence-electron chi connectivity index (χ0n) is 15.0. The third kappa shape index (κ3) is 4.35. The Labute approximate surface area is 156 Å². The SMILES string of the molecule is COc1cccc(OC)c1CNC(=N)Nc1nc(-c2ccc(F)cc2)c[nH]1. The Morgan fingerprint density at radius 2 is 1.78 bits per heavy atom. The summed E-state index contributed by atoms with van der Waals surface area (Å²) in [5.74, 6) is 1.50. The van der Waals surface area contributed by atoms with Gasteiger partial charge in [0.15, 0.2) is 5.96 Å². The molecule has 0 aliphatic carbocycles. The van der Waals surface area contributed by atoms with E-state index < -0.39 is 0 Å². The fourth-order valence-corrected chi connectivity index (χ4v) is 2.60. The lowest BCUT2D eigenvalue weighted by Gasteiger charge is -2.14. The summed E-state index contributed by atoms with van der Waals surface area (Å²) in [6.07, 6.45) is 1.69. The molecule has 140 valence electrons. The van der Waals surface area contributed by atoms with E-state index in [1.54, 1.807) is 32.5 Å². The molecule has 4 N–H and O–H groups in total. The lowest BCUT2D eigenvalue weighted by molar-refractivity contribution is 0.384. The number of anilines is 1. The van der Waals surface area contributed by atoms with Gasteiger partial charge in [-0.15, -0.1) is 0 Å². The van der Waals surface area contributed by atoms with Crippen LogP contribution in [0.1, 0.15) is 5.56 Å². The number of aromatic amines is 1. The molecule has 1 aromatic heterocycles. The molecule has 0 unspecified atom stereocenters. The number of aromatic nitrogens is 2. The van der Waals surface area contributed by atoms with Crippen molar-refractivity contribution in [2.45, 2.75) is 6.54 Å². The summed E-state index contributed by atoms with van der Waals surface area (Å²) in [7, 11) is 3.17. The molecule has 2 aromatic carbocycles. The first kappa shape index (κ1) is 18.2. The number of nitrogens with one attached hydrogen (secondary N) is 4. The number of benzene rings is 2. The van der Waals surface area contributed by atoms with Crippen LogP contribution in [0.25, 0.3) is 11.3 Å². The molecule has 1 heterocycles. The predicted octanol–water partition coefficient (Wildman–Crippen LogP) is 3.37. The van der Waals surface area contributed by atoms with E-state index in [9.17, 15) is 4.39 Å². The summed E-state index contributed by atoms with van der Waals surface area (Å²) in [6.45, 7) is 0.338. The molecule has 8 heteroatoms. The highest BCUT2D eigenvalue weighted by Gasteiger charge is 2.11. The van der Waals surface area contributed by atoms with Crippen molar-refractivity contribution in [3.05, 3.63) is 60.0 Å². The van der Waals surface area contributed by atoms with E-state index in [4.69, 9.17) is 14.9 Å². The van der Waals surface area contributed by atoms with E-state index in [1.165, 1.54) is 12.1 Å². The van der Waals surface area contributed by atoms with Crippen LogP contribution in [-0.4, -0.2) is 30.1 Å². The van der Waals surface area contributed by atoms with Gasteiger partial charge >= 0.3 is 0 Å². The number of H-pyrrole nitrogens is 1. The van der Waals surface area contributed by atoms with Crippen molar-refractivity contribution in [2.24, 2.45) is 0 Å². The van der Waals surface area contributed by atoms with Crippen LogP contribution in [0.15, 0.2) is 48.7 Å². The van der Waals surface area contributed by atoms with Crippen molar-refractivity contribution in [3.63, 3.8) is 0 Å². The Kier molecular flexibility index (Phi) is 5.55. The van der Waals surface area contributed by atoms with Crippen LogP contribution in [0.5, 0.6) is 11.5 Å². The van der Waals surface area contributed by atoms with Crippen LogP contribution in [0, 0.1) is 11.2 Å². The molecule has 0 aliphatic rings. The molecule has 0 bridgehead atoms. The average molecular weight is 369 g/mol. The first-order chi connectivity index (χ1) is 13.1. The topological polar surface area (TPSA) is 95.1 Å². The van der Waals surface area contributed by atoms with Gasteiger partial charge in [-0.05, 0) is 36.4 Å². The quantitative estimate of drug-likeness (QED) is 0.395. The van der Waals surface area contributed by atoms with Crippen molar-refractivity contribution in [3.8, 4) is 22.8 Å². The summed E-state index contributed by atoms with van der Waals surface area (Å²) in [6, 6.07) is 11.5. The number of nitrogens with zero attached hydrogens (tertiary/aromatic N) is 1. The van der Waals surface area contributed by atoms with Gasteiger partial charge in [0.2, 0.25) is 5.95 Å². The maximum Gasteiger partial charge on any atom is 0.207 e. The number of ether oxygens (including phenoxy) is 2. The zero-order valence-corrected chi connectivity index (χ0v) is 15.0. The lowest BCUT2D eigenvalue weighted by Crippen LogP contribution is -2.29. The molecule has 27 heavy (non-hydrogen) atoms. The number of methoxy groups -OCH3 is 2. The van der Waals surface area contributed by atoms with E-state index in [0.29, 0.717) is 29.7 Å². The van der Waals surface area contributed by atoms with Crippen LogP contribution in [-0.2, 0) is 6.54 Å². The summed E-state index contributed by atoms with van der Waals surface area (Å²) in [4.78, 5) is 7.30. The summed E-state index contributed by atoms with van der Waals surface area (Å²) >= 11 is 0. The van der Waals surface area contributed by atoms with Crippen molar-refractivity contribution in [2.75, 3.05) is 19.5 Å². The Balaban J connectivity index is 1.63. The highest BCUT2D eigenvalue weighted by atomic mass is 19.1. The number of halogens is 1. The Morgan fingerprint density at radius 1 is 1.11 bits per heavy atom. The molecule has 3 aromatic rings. The second kappa shape index (κ2) is 8.22. The largest absolute Gasteiger partial charge is 0.496 e. The van der Waals surface area contributed by atoms with Crippen molar-refractivity contribution < 1.29 is 13.9 Å². The van der Waals surface area contributed by atoms with Gasteiger partial charge < -0.3 is 19.8 Å². The monoisotopic (exact) mass is 369 g/mol. The molecule has 7 nitrogen and oxygen atoms in total. The third-order valence-corrected chi connectivity index (χ3v) is 3.93. The van der Waals surface area contributed by atoms with Crippen LogP contribution in [0.3, 0.4) is 0 Å². The second-order valence-electron chi connectivity index (χ2n) is 5.64. The number of imidazole rings is 1. The summed E-state index contributed by atoms with van der Waals surface area (Å²) in [5, 5.41) is 13.9. The van der Waals surface area contributed by atoms with Crippen molar-refractivity contribution in [1.29, 1.82) is 5.41 Å². The van der Waals surface area contributed by atoms with E-state index >= 15 is 0 Å². The number of guanidine groups is 1. The predicted molar refractivity (Wildman–Crippen MR) is 102 cm³/mol. The lowest BCUT2D eigenvalue weighted by atomic mass is 10.1. The molecule has 0 atom stereocenters. The van der Waals surface area contributed by atoms with Gasteiger partial charge in [-0.2, -0.15) is 0 Å². The van der Waals surface area contributed by atoms with Crippen LogP contribution < -0.4 is 20.1 Å². The van der Waals surface area contributed by atoms with Crippen LogP contribution in [0.2, 0.25) is 0 Å². The molecule has 0 saturated heterocycles. The fourth-order valence-electron chi connectivity index (χ4n) is 2.60. The molecule has 0 radical (unpaired) electrons. The first-order valence-electron chi connectivity index (χ1n) is 8.21. The van der Waals surface area contributed by atoms with Gasteiger partial charge in [-0.3, -0.25) is 10.7 Å². The molecular formula is C19H20FN5O2. The Bertz CT molecular complexity index is 902. The van der Waals surface area contributed by atoms with Gasteiger partial charge in [0, 0.05) is 11.8 Å². The smallest absolute Gasteiger partial charge is 0.207 e. The zero-order chi connectivity index (χ0) is 19.2. The van der Waals surface area contributed by atoms with Crippen LogP contribution in [0.4, 0.5) is 10.3 Å². The molecule has 0 spiro atoms. The average Bonchev–Trinajstić information content (AvgIpc) is 3.14. The molecule has 0 saturated carbocycles. The maximum absolute atomic E-state index is 13.0. The van der Waals surface area contributed by atoms with E-state index in [0.717, 1.165) is 11.1 Å². The molecule has 3 rings (SSSR count). The standard InChI is InChI=1S/C19H20FN5O2/c1-26-16-4-3-5-17(27-2)14(16)10-22-18(21)25-19-23-11-15(24-19)12-6-8-13(20)9-7-12/h3-9,11H,10H2,1-2H3,(H4,21,22,23,24,25). The van der Waals surface area contributed by atoms with Crippen LogP contribution >= 0.6 is 0 Å². The first-order valence-corrected chi connectivity index (χ1v) is 8.21. The van der Waals surface area contributed by atoms with Gasteiger partial charge in [0.1, 0.15) is 17.3 Å². The number of hydrogen-bond donors (Lipinski definition) is 4. The Hall–Kier alpha value is -3.55.